The highest BCUT2D eigenvalue weighted by atomic mass is 32.1. The van der Waals surface area contributed by atoms with E-state index in [1.807, 2.05) is 0 Å². The number of thiazole rings is 1. The van der Waals surface area contributed by atoms with E-state index in [-0.39, 0.29) is 5.54 Å². The van der Waals surface area contributed by atoms with Crippen LogP contribution in [0.25, 0.3) is 10.2 Å². The van der Waals surface area contributed by atoms with Crippen molar-refractivity contribution in [3.63, 3.8) is 0 Å². The van der Waals surface area contributed by atoms with Gasteiger partial charge in [-0.1, -0.05) is 19.1 Å². The molecule has 0 unspecified atom stereocenters. The minimum Gasteiger partial charge on any atom is -0.306 e. The molecule has 1 heterocycles. The van der Waals surface area contributed by atoms with Crippen molar-refractivity contribution in [1.82, 2.24) is 10.3 Å². The van der Waals surface area contributed by atoms with Gasteiger partial charge in [-0.3, -0.25) is 0 Å². The van der Waals surface area contributed by atoms with Crippen LogP contribution < -0.4 is 5.32 Å². The summed E-state index contributed by atoms with van der Waals surface area (Å²) in [5.41, 5.74) is 2.37. The average molecular weight is 234 g/mol. The largest absolute Gasteiger partial charge is 0.306 e. The minimum atomic E-state index is -0.0368. The highest BCUT2D eigenvalue weighted by molar-refractivity contribution is 7.18. The first-order valence-corrected chi connectivity index (χ1v) is 6.48. The number of nitrogens with zero attached hydrogens (tertiary/aromatic N) is 1. The van der Waals surface area contributed by atoms with Gasteiger partial charge in [0.15, 0.2) is 0 Å². The Labute approximate surface area is 101 Å². The van der Waals surface area contributed by atoms with Crippen molar-refractivity contribution in [3.05, 3.63) is 28.8 Å². The van der Waals surface area contributed by atoms with Gasteiger partial charge in [0.1, 0.15) is 5.01 Å². The monoisotopic (exact) mass is 234 g/mol. The molecule has 86 valence electrons. The van der Waals surface area contributed by atoms with Crippen LogP contribution in [-0.4, -0.2) is 11.5 Å². The van der Waals surface area contributed by atoms with Crippen molar-refractivity contribution in [1.29, 1.82) is 0 Å². The molecule has 0 fully saturated rings. The quantitative estimate of drug-likeness (QED) is 0.880. The fraction of sp³-hybridized carbons (Fsp3) is 0.462. The van der Waals surface area contributed by atoms with Gasteiger partial charge in [-0.05, 0) is 38.9 Å². The number of aromatic nitrogens is 1. The predicted octanol–water partition coefficient (Wildman–Crippen LogP) is 3.45. The molecule has 0 saturated carbocycles. The Bertz CT molecular complexity index is 500. The molecule has 0 saturated heterocycles. The summed E-state index contributed by atoms with van der Waals surface area (Å²) in [6.07, 6.45) is 0. The lowest BCUT2D eigenvalue weighted by Crippen LogP contribution is -2.36. The Hall–Kier alpha value is -0.930. The second-order valence-electron chi connectivity index (χ2n) is 4.60. The Morgan fingerprint density at radius 3 is 2.75 bits per heavy atom. The molecular formula is C13H18N2S. The molecule has 0 aliphatic carbocycles. The van der Waals surface area contributed by atoms with Crippen molar-refractivity contribution in [2.24, 2.45) is 0 Å². The second-order valence-corrected chi connectivity index (χ2v) is 5.63. The van der Waals surface area contributed by atoms with Crippen LogP contribution in [0.15, 0.2) is 18.2 Å². The van der Waals surface area contributed by atoms with Crippen molar-refractivity contribution in [2.75, 3.05) is 6.54 Å². The molecule has 0 spiro atoms. The van der Waals surface area contributed by atoms with E-state index in [9.17, 15) is 0 Å². The molecule has 0 radical (unpaired) electrons. The van der Waals surface area contributed by atoms with E-state index in [1.165, 1.54) is 15.3 Å². The standard InChI is InChI=1S/C13H18N2S/c1-5-14-13(3,4)12-15-11-9(2)7-6-8-10(11)16-12/h6-8,14H,5H2,1-4H3. The molecule has 0 amide bonds. The minimum absolute atomic E-state index is 0.0368. The maximum Gasteiger partial charge on any atom is 0.113 e. The Balaban J connectivity index is 2.51. The van der Waals surface area contributed by atoms with Gasteiger partial charge in [0.2, 0.25) is 0 Å². The fourth-order valence-corrected chi connectivity index (χ4v) is 2.99. The van der Waals surface area contributed by atoms with Crippen molar-refractivity contribution < 1.29 is 0 Å². The highest BCUT2D eigenvalue weighted by Gasteiger charge is 2.23. The summed E-state index contributed by atoms with van der Waals surface area (Å²) in [6, 6.07) is 6.36. The summed E-state index contributed by atoms with van der Waals surface area (Å²) in [6.45, 7) is 9.57. The predicted molar refractivity (Wildman–Crippen MR) is 71.1 cm³/mol. The van der Waals surface area contributed by atoms with E-state index < -0.39 is 0 Å². The summed E-state index contributed by atoms with van der Waals surface area (Å²) in [5.74, 6) is 0. The van der Waals surface area contributed by atoms with Gasteiger partial charge in [-0.25, -0.2) is 4.98 Å². The lowest BCUT2D eigenvalue weighted by Gasteiger charge is -2.22. The van der Waals surface area contributed by atoms with E-state index in [0.29, 0.717) is 0 Å². The number of nitrogens with one attached hydrogen (secondary N) is 1. The third-order valence-electron chi connectivity index (χ3n) is 2.77. The molecule has 0 aliphatic rings. The first kappa shape index (κ1) is 11.6. The molecule has 2 nitrogen and oxygen atoms in total. The Morgan fingerprint density at radius 2 is 2.12 bits per heavy atom. The van der Waals surface area contributed by atoms with E-state index in [2.05, 4.69) is 51.2 Å². The fourth-order valence-electron chi connectivity index (χ4n) is 1.87. The molecular weight excluding hydrogens is 216 g/mol. The maximum atomic E-state index is 4.76. The normalized spacial score (nSPS) is 12.2. The summed E-state index contributed by atoms with van der Waals surface area (Å²) in [7, 11) is 0. The van der Waals surface area contributed by atoms with Gasteiger partial charge >= 0.3 is 0 Å². The van der Waals surface area contributed by atoms with Gasteiger partial charge in [-0.15, -0.1) is 11.3 Å². The van der Waals surface area contributed by atoms with Crippen molar-refractivity contribution in [2.45, 2.75) is 33.2 Å². The molecule has 3 heteroatoms. The van der Waals surface area contributed by atoms with Crippen LogP contribution in [0, 0.1) is 6.92 Å². The van der Waals surface area contributed by atoms with E-state index >= 15 is 0 Å². The first-order valence-electron chi connectivity index (χ1n) is 5.66. The maximum absolute atomic E-state index is 4.76. The zero-order valence-electron chi connectivity index (χ0n) is 10.3. The van der Waals surface area contributed by atoms with Crippen LogP contribution in [0.3, 0.4) is 0 Å². The van der Waals surface area contributed by atoms with Crippen LogP contribution in [0.4, 0.5) is 0 Å². The van der Waals surface area contributed by atoms with Gasteiger partial charge in [0, 0.05) is 0 Å². The van der Waals surface area contributed by atoms with Crippen LogP contribution >= 0.6 is 11.3 Å². The third-order valence-corrected chi connectivity index (χ3v) is 4.12. The molecule has 16 heavy (non-hydrogen) atoms. The Kier molecular flexibility index (Phi) is 3.00. The first-order chi connectivity index (χ1) is 7.54. The molecule has 0 atom stereocenters. The molecule has 0 aliphatic heterocycles. The van der Waals surface area contributed by atoms with Crippen LogP contribution in [0.5, 0.6) is 0 Å². The summed E-state index contributed by atoms with van der Waals surface area (Å²) in [5, 5.41) is 4.63. The number of aryl methyl sites for hydroxylation is 1. The Morgan fingerprint density at radius 1 is 1.38 bits per heavy atom. The number of fused-ring (bicyclic) bond motifs is 1. The van der Waals surface area contributed by atoms with Crippen LogP contribution in [0.1, 0.15) is 31.3 Å². The van der Waals surface area contributed by atoms with Crippen molar-refractivity contribution in [3.8, 4) is 0 Å². The van der Waals surface area contributed by atoms with E-state index in [0.717, 1.165) is 12.1 Å². The van der Waals surface area contributed by atoms with Gasteiger partial charge in [-0.2, -0.15) is 0 Å². The summed E-state index contributed by atoms with van der Waals surface area (Å²) >= 11 is 1.78. The number of hydrogen-bond acceptors (Lipinski definition) is 3. The number of rotatable bonds is 3. The third kappa shape index (κ3) is 1.97. The van der Waals surface area contributed by atoms with Gasteiger partial charge in [0.25, 0.3) is 0 Å². The number of benzene rings is 1. The van der Waals surface area contributed by atoms with Crippen LogP contribution in [-0.2, 0) is 5.54 Å². The highest BCUT2D eigenvalue weighted by Crippen LogP contribution is 2.31. The molecule has 1 N–H and O–H groups in total. The van der Waals surface area contributed by atoms with Crippen molar-refractivity contribution >= 4 is 21.6 Å². The van der Waals surface area contributed by atoms with Gasteiger partial charge in [0.05, 0.1) is 15.8 Å². The summed E-state index contributed by atoms with van der Waals surface area (Å²) in [4.78, 5) is 4.76. The molecule has 0 bridgehead atoms. The molecule has 1 aromatic heterocycles. The topological polar surface area (TPSA) is 24.9 Å². The second kappa shape index (κ2) is 4.15. The van der Waals surface area contributed by atoms with Crippen LogP contribution in [0.2, 0.25) is 0 Å². The lowest BCUT2D eigenvalue weighted by atomic mass is 10.1. The lowest BCUT2D eigenvalue weighted by molar-refractivity contribution is 0.414. The zero-order valence-corrected chi connectivity index (χ0v) is 11.1. The van der Waals surface area contributed by atoms with Gasteiger partial charge < -0.3 is 5.32 Å². The SMILES string of the molecule is CCNC(C)(C)c1nc2c(C)cccc2s1. The number of para-hydroxylation sites is 1. The molecule has 2 aromatic rings. The van der Waals surface area contributed by atoms with E-state index in [1.54, 1.807) is 11.3 Å². The van der Waals surface area contributed by atoms with E-state index in [4.69, 9.17) is 4.98 Å². The smallest absolute Gasteiger partial charge is 0.113 e. The summed E-state index contributed by atoms with van der Waals surface area (Å²) < 4.78 is 1.28. The average Bonchev–Trinajstić information content (AvgIpc) is 2.63. The zero-order chi connectivity index (χ0) is 11.8. The number of hydrogen-bond donors (Lipinski definition) is 1. The molecule has 2 rings (SSSR count). The molecule has 1 aromatic carbocycles.